The molecule has 1 aliphatic heterocycles. The molecule has 0 spiro atoms. The van der Waals surface area contributed by atoms with E-state index in [4.69, 9.17) is 4.74 Å². The first-order valence-corrected chi connectivity index (χ1v) is 12.9. The van der Waals surface area contributed by atoms with Crippen molar-refractivity contribution >= 4 is 11.8 Å². The molecule has 7 heteroatoms. The lowest BCUT2D eigenvalue weighted by Gasteiger charge is -2.56. The van der Waals surface area contributed by atoms with E-state index in [-0.39, 0.29) is 52.9 Å². The average Bonchev–Trinajstić information content (AvgIpc) is 3.62. The van der Waals surface area contributed by atoms with Crippen molar-refractivity contribution in [2.24, 2.45) is 35.0 Å². The quantitative estimate of drug-likeness (QED) is 0.551. The molecule has 7 atom stereocenters. The molecule has 3 aliphatic carbocycles. The van der Waals surface area contributed by atoms with Crippen molar-refractivity contribution in [3.8, 4) is 0 Å². The van der Waals surface area contributed by atoms with Crippen LogP contribution in [0.5, 0.6) is 0 Å². The summed E-state index contributed by atoms with van der Waals surface area (Å²) in [5.74, 6) is 0.535. The van der Waals surface area contributed by atoms with Crippen LogP contribution in [0.15, 0.2) is 0 Å². The maximum atomic E-state index is 12.9. The third-order valence-corrected chi connectivity index (χ3v) is 9.05. The van der Waals surface area contributed by atoms with E-state index in [9.17, 15) is 14.7 Å². The van der Waals surface area contributed by atoms with Crippen molar-refractivity contribution in [2.45, 2.75) is 71.4 Å². The van der Waals surface area contributed by atoms with E-state index in [0.717, 1.165) is 71.4 Å². The summed E-state index contributed by atoms with van der Waals surface area (Å²) < 4.78 is 5.38. The van der Waals surface area contributed by atoms with E-state index in [0.29, 0.717) is 6.54 Å². The monoisotopic (exact) mass is 449 g/mol. The first-order valence-electron chi connectivity index (χ1n) is 12.9. The molecule has 4 fully saturated rings. The smallest absolute Gasteiger partial charge is 0.223 e. The van der Waals surface area contributed by atoms with Gasteiger partial charge in [-0.15, -0.1) is 0 Å². The Hall–Kier alpha value is -1.18. The van der Waals surface area contributed by atoms with Gasteiger partial charge in [0.1, 0.15) is 0 Å². The van der Waals surface area contributed by atoms with E-state index in [1.54, 1.807) is 0 Å². The Morgan fingerprint density at radius 1 is 1.16 bits per heavy atom. The number of hydrogen-bond acceptors (Lipinski definition) is 5. The minimum absolute atomic E-state index is 0.0307. The van der Waals surface area contributed by atoms with Crippen LogP contribution in [0.2, 0.25) is 0 Å². The second-order valence-electron chi connectivity index (χ2n) is 11.2. The number of morpholine rings is 1. The number of aliphatic hydroxyl groups excluding tert-OH is 1. The molecular formula is C25H43N3O4. The van der Waals surface area contributed by atoms with Crippen molar-refractivity contribution < 1.29 is 19.4 Å². The maximum Gasteiger partial charge on any atom is 0.223 e. The highest BCUT2D eigenvalue weighted by Gasteiger charge is 2.54. The Balaban J connectivity index is 1.33. The van der Waals surface area contributed by atoms with Gasteiger partial charge in [-0.2, -0.15) is 0 Å². The standard InChI is InChI=1S/C25H43N3O4/c1-16(23(30)26-10-11-28-12-14-32-15-13-28)19-6-8-25(3)9-7-20(17(2)21(25)22(19)29)27-24(31)18-4-5-18/h16-22,29H,4-15H2,1-3H3,(H,26,30)(H,27,31)/t16-,17+,19-,20-,21+,22-,25-/m0/s1. The summed E-state index contributed by atoms with van der Waals surface area (Å²) >= 11 is 0. The number of nitrogens with one attached hydrogen (secondary N) is 2. The zero-order valence-corrected chi connectivity index (χ0v) is 20.1. The molecule has 7 nitrogen and oxygen atoms in total. The summed E-state index contributed by atoms with van der Waals surface area (Å²) in [4.78, 5) is 27.6. The van der Waals surface area contributed by atoms with Crippen molar-refractivity contribution in [2.75, 3.05) is 39.4 Å². The van der Waals surface area contributed by atoms with Crippen LogP contribution in [0.3, 0.4) is 0 Å². The van der Waals surface area contributed by atoms with Gasteiger partial charge in [-0.25, -0.2) is 0 Å². The molecule has 0 aromatic rings. The van der Waals surface area contributed by atoms with Gasteiger partial charge in [0.25, 0.3) is 0 Å². The predicted octanol–water partition coefficient (Wildman–Crippen LogP) is 1.79. The Bertz CT molecular complexity index is 678. The first-order chi connectivity index (χ1) is 15.3. The number of amides is 2. The number of nitrogens with zero attached hydrogens (tertiary/aromatic N) is 1. The fraction of sp³-hybridized carbons (Fsp3) is 0.920. The Morgan fingerprint density at radius 2 is 1.84 bits per heavy atom. The van der Waals surface area contributed by atoms with Gasteiger partial charge < -0.3 is 20.5 Å². The lowest BCUT2D eigenvalue weighted by molar-refractivity contribution is -0.144. The van der Waals surface area contributed by atoms with Crippen LogP contribution in [-0.2, 0) is 14.3 Å². The normalized spacial score (nSPS) is 39.1. The summed E-state index contributed by atoms with van der Waals surface area (Å²) in [5, 5.41) is 17.9. The molecule has 0 bridgehead atoms. The minimum atomic E-state index is -0.510. The fourth-order valence-corrected chi connectivity index (χ4v) is 6.66. The fourth-order valence-electron chi connectivity index (χ4n) is 6.66. The van der Waals surface area contributed by atoms with Gasteiger partial charge in [0.15, 0.2) is 0 Å². The topological polar surface area (TPSA) is 90.9 Å². The zero-order chi connectivity index (χ0) is 22.9. The molecule has 0 aromatic carbocycles. The zero-order valence-electron chi connectivity index (χ0n) is 20.1. The van der Waals surface area contributed by atoms with Crippen LogP contribution in [0.25, 0.3) is 0 Å². The molecule has 3 N–H and O–H groups in total. The average molecular weight is 450 g/mol. The van der Waals surface area contributed by atoms with E-state index in [1.807, 2.05) is 6.92 Å². The number of rotatable bonds is 7. The lowest BCUT2D eigenvalue weighted by atomic mass is 9.51. The van der Waals surface area contributed by atoms with Crippen molar-refractivity contribution in [3.05, 3.63) is 0 Å². The summed E-state index contributed by atoms with van der Waals surface area (Å²) in [6.07, 6.45) is 5.46. The summed E-state index contributed by atoms with van der Waals surface area (Å²) in [6, 6.07) is 0.132. The molecule has 2 amide bonds. The molecule has 0 aromatic heterocycles. The molecule has 1 heterocycles. The molecular weight excluding hydrogens is 406 g/mol. The Morgan fingerprint density at radius 3 is 2.53 bits per heavy atom. The minimum Gasteiger partial charge on any atom is -0.392 e. The molecule has 1 saturated heterocycles. The van der Waals surface area contributed by atoms with E-state index >= 15 is 0 Å². The number of carbonyl (C=O) groups is 2. The molecule has 0 unspecified atom stereocenters. The third kappa shape index (κ3) is 5.15. The van der Waals surface area contributed by atoms with Crippen LogP contribution in [0.1, 0.15) is 59.3 Å². The van der Waals surface area contributed by atoms with Crippen molar-refractivity contribution in [3.63, 3.8) is 0 Å². The first kappa shape index (κ1) is 24.0. The Kier molecular flexibility index (Phi) is 7.47. The molecule has 32 heavy (non-hydrogen) atoms. The van der Waals surface area contributed by atoms with Crippen LogP contribution < -0.4 is 10.6 Å². The highest BCUT2D eigenvalue weighted by Crippen LogP contribution is 2.55. The largest absolute Gasteiger partial charge is 0.392 e. The molecule has 4 aliphatic rings. The second-order valence-corrected chi connectivity index (χ2v) is 11.2. The predicted molar refractivity (Wildman–Crippen MR) is 123 cm³/mol. The Labute approximate surface area is 193 Å². The summed E-state index contributed by atoms with van der Waals surface area (Å²) in [7, 11) is 0. The SMILES string of the molecule is C[C@H]1[C@@H]2[C@@H](O)[C@H]([C@H](C)C(=O)NCCN3CCOCC3)CC[C@@]2(C)CC[C@@H]1NC(=O)C1CC1. The van der Waals surface area contributed by atoms with E-state index < -0.39 is 6.10 Å². The second kappa shape index (κ2) is 9.98. The number of hydrogen-bond donors (Lipinski definition) is 3. The van der Waals surface area contributed by atoms with E-state index in [2.05, 4.69) is 29.4 Å². The van der Waals surface area contributed by atoms with Crippen LogP contribution in [0.4, 0.5) is 0 Å². The van der Waals surface area contributed by atoms with Crippen LogP contribution >= 0.6 is 0 Å². The number of fused-ring (bicyclic) bond motifs is 1. The number of aliphatic hydroxyl groups is 1. The van der Waals surface area contributed by atoms with Gasteiger partial charge in [0.05, 0.1) is 19.3 Å². The van der Waals surface area contributed by atoms with Gasteiger partial charge in [-0.1, -0.05) is 20.8 Å². The highest BCUT2D eigenvalue weighted by molar-refractivity contribution is 5.81. The molecule has 3 saturated carbocycles. The summed E-state index contributed by atoms with van der Waals surface area (Å²) in [6.45, 7) is 11.3. The molecule has 182 valence electrons. The van der Waals surface area contributed by atoms with Crippen LogP contribution in [-0.4, -0.2) is 73.4 Å². The number of carbonyl (C=O) groups excluding carboxylic acids is 2. The molecule has 4 rings (SSSR count). The van der Waals surface area contributed by atoms with Gasteiger partial charge in [0, 0.05) is 44.1 Å². The summed E-state index contributed by atoms with van der Waals surface area (Å²) in [5.41, 5.74) is 0.0860. The van der Waals surface area contributed by atoms with Crippen LogP contribution in [0, 0.1) is 35.0 Å². The van der Waals surface area contributed by atoms with Gasteiger partial charge in [0.2, 0.25) is 11.8 Å². The number of ether oxygens (including phenoxy) is 1. The third-order valence-electron chi connectivity index (χ3n) is 9.05. The maximum absolute atomic E-state index is 12.9. The lowest BCUT2D eigenvalue weighted by Crippen LogP contribution is -2.58. The van der Waals surface area contributed by atoms with Gasteiger partial charge >= 0.3 is 0 Å². The van der Waals surface area contributed by atoms with Gasteiger partial charge in [-0.05, 0) is 61.7 Å². The highest BCUT2D eigenvalue weighted by atomic mass is 16.5. The van der Waals surface area contributed by atoms with Crippen molar-refractivity contribution in [1.29, 1.82) is 0 Å². The van der Waals surface area contributed by atoms with Gasteiger partial charge in [-0.3, -0.25) is 14.5 Å². The van der Waals surface area contributed by atoms with Crippen molar-refractivity contribution in [1.82, 2.24) is 15.5 Å². The molecule has 0 radical (unpaired) electrons. The van der Waals surface area contributed by atoms with E-state index in [1.165, 1.54) is 0 Å².